The zero-order chi connectivity index (χ0) is 15.5. The van der Waals surface area contributed by atoms with Crippen molar-refractivity contribution in [3.05, 3.63) is 64.7 Å². The number of hydrogen-bond acceptors (Lipinski definition) is 4. The van der Waals surface area contributed by atoms with Crippen molar-refractivity contribution in [3.63, 3.8) is 0 Å². The zero-order valence-electron chi connectivity index (χ0n) is 13.0. The fourth-order valence-electron chi connectivity index (χ4n) is 2.49. The number of nitrogens with zero attached hydrogens (tertiary/aromatic N) is 2. The Kier molecular flexibility index (Phi) is 4.29. The van der Waals surface area contributed by atoms with Crippen LogP contribution in [-0.4, -0.2) is 10.2 Å². The Labute approximate surface area is 134 Å². The van der Waals surface area contributed by atoms with Crippen molar-refractivity contribution in [2.24, 2.45) is 0 Å². The molecule has 1 heterocycles. The number of hydrogen-bond donors (Lipinski definition) is 0. The third kappa shape index (κ3) is 3.39. The summed E-state index contributed by atoms with van der Waals surface area (Å²) in [5.41, 5.74) is 5.96. The molecule has 0 radical (unpaired) electrons. The number of benzene rings is 2. The van der Waals surface area contributed by atoms with Crippen molar-refractivity contribution in [2.75, 3.05) is 0 Å². The minimum absolute atomic E-state index is 0.584. The molecule has 22 heavy (non-hydrogen) atoms. The Morgan fingerprint density at radius 2 is 1.68 bits per heavy atom. The quantitative estimate of drug-likeness (QED) is 0.639. The van der Waals surface area contributed by atoms with Gasteiger partial charge in [0.05, 0.1) is 0 Å². The molecule has 0 aliphatic carbocycles. The molecule has 0 saturated carbocycles. The molecule has 4 heteroatoms. The van der Waals surface area contributed by atoms with E-state index in [1.54, 1.807) is 11.8 Å². The minimum atomic E-state index is 0.584. The van der Waals surface area contributed by atoms with Crippen molar-refractivity contribution < 1.29 is 4.42 Å². The predicted octanol–water partition coefficient (Wildman–Crippen LogP) is 4.95. The number of rotatable bonds is 4. The summed E-state index contributed by atoms with van der Waals surface area (Å²) in [5.74, 6) is 1.42. The fraction of sp³-hybridized carbons (Fsp3) is 0.222. The van der Waals surface area contributed by atoms with Crippen molar-refractivity contribution in [1.82, 2.24) is 10.2 Å². The van der Waals surface area contributed by atoms with Crippen LogP contribution in [0.1, 0.15) is 22.3 Å². The number of thioether (sulfide) groups is 1. The summed E-state index contributed by atoms with van der Waals surface area (Å²) in [5, 5.41) is 8.91. The Balaban J connectivity index is 1.73. The lowest BCUT2D eigenvalue weighted by Crippen LogP contribution is -1.85. The van der Waals surface area contributed by atoms with Crippen LogP contribution in [0.4, 0.5) is 0 Å². The van der Waals surface area contributed by atoms with E-state index in [2.05, 4.69) is 42.2 Å². The van der Waals surface area contributed by atoms with Crippen LogP contribution in [0.5, 0.6) is 0 Å². The molecule has 0 saturated heterocycles. The van der Waals surface area contributed by atoms with Crippen LogP contribution in [0.25, 0.3) is 11.5 Å². The summed E-state index contributed by atoms with van der Waals surface area (Å²) in [6, 6.07) is 14.6. The van der Waals surface area contributed by atoms with Gasteiger partial charge in [0.25, 0.3) is 5.22 Å². The first-order valence-electron chi connectivity index (χ1n) is 7.21. The summed E-state index contributed by atoms with van der Waals surface area (Å²) in [4.78, 5) is 0. The first-order chi connectivity index (χ1) is 10.6. The first-order valence-corrected chi connectivity index (χ1v) is 8.20. The molecule has 3 nitrogen and oxygen atoms in total. The Morgan fingerprint density at radius 3 is 2.41 bits per heavy atom. The van der Waals surface area contributed by atoms with Crippen LogP contribution in [-0.2, 0) is 5.75 Å². The Hall–Kier alpha value is -2.07. The molecule has 0 spiro atoms. The molecule has 0 bridgehead atoms. The predicted molar refractivity (Wildman–Crippen MR) is 89.9 cm³/mol. The summed E-state index contributed by atoms with van der Waals surface area (Å²) in [7, 11) is 0. The van der Waals surface area contributed by atoms with Gasteiger partial charge >= 0.3 is 0 Å². The first kappa shape index (κ1) is 14.9. The number of aromatic nitrogens is 2. The van der Waals surface area contributed by atoms with Crippen LogP contribution < -0.4 is 0 Å². The molecule has 0 amide bonds. The Morgan fingerprint density at radius 1 is 0.955 bits per heavy atom. The molecular formula is C18H18N2OS. The highest BCUT2D eigenvalue weighted by Crippen LogP contribution is 2.27. The van der Waals surface area contributed by atoms with Gasteiger partial charge in [0, 0.05) is 11.3 Å². The van der Waals surface area contributed by atoms with E-state index in [1.807, 2.05) is 31.2 Å². The van der Waals surface area contributed by atoms with E-state index in [4.69, 9.17) is 4.42 Å². The van der Waals surface area contributed by atoms with E-state index in [1.165, 1.54) is 16.7 Å². The summed E-state index contributed by atoms with van der Waals surface area (Å²) < 4.78 is 5.77. The van der Waals surface area contributed by atoms with Crippen molar-refractivity contribution in [3.8, 4) is 11.5 Å². The molecule has 0 fully saturated rings. The smallest absolute Gasteiger partial charge is 0.277 e. The molecule has 0 N–H and O–H groups in total. The molecule has 0 aliphatic rings. The van der Waals surface area contributed by atoms with E-state index in [9.17, 15) is 0 Å². The van der Waals surface area contributed by atoms with Gasteiger partial charge in [-0.25, -0.2) is 0 Å². The largest absolute Gasteiger partial charge is 0.411 e. The summed E-state index contributed by atoms with van der Waals surface area (Å²) in [6.45, 7) is 6.27. The van der Waals surface area contributed by atoms with E-state index >= 15 is 0 Å². The monoisotopic (exact) mass is 310 g/mol. The van der Waals surface area contributed by atoms with Gasteiger partial charge < -0.3 is 4.42 Å². The van der Waals surface area contributed by atoms with Gasteiger partial charge in [0.1, 0.15) is 0 Å². The normalized spacial score (nSPS) is 10.9. The van der Waals surface area contributed by atoms with Crippen LogP contribution in [0, 0.1) is 20.8 Å². The maximum atomic E-state index is 5.77. The topological polar surface area (TPSA) is 38.9 Å². The molecule has 1 aromatic heterocycles. The van der Waals surface area contributed by atoms with Gasteiger partial charge in [0.15, 0.2) is 0 Å². The third-order valence-electron chi connectivity index (χ3n) is 3.43. The van der Waals surface area contributed by atoms with Crippen LogP contribution in [0.2, 0.25) is 0 Å². The second-order valence-electron chi connectivity index (χ2n) is 5.47. The molecule has 0 unspecified atom stereocenters. The molecule has 112 valence electrons. The lowest BCUT2D eigenvalue weighted by molar-refractivity contribution is 0.465. The SMILES string of the molecule is Cc1cc(C)cc(CSc2nnc(-c3ccccc3C)o2)c1. The second-order valence-corrected chi connectivity index (χ2v) is 6.40. The fourth-order valence-corrected chi connectivity index (χ4v) is 3.18. The van der Waals surface area contributed by atoms with E-state index < -0.39 is 0 Å². The highest BCUT2D eigenvalue weighted by atomic mass is 32.2. The lowest BCUT2D eigenvalue weighted by Gasteiger charge is -2.03. The van der Waals surface area contributed by atoms with Crippen molar-refractivity contribution >= 4 is 11.8 Å². The summed E-state index contributed by atoms with van der Waals surface area (Å²) in [6.07, 6.45) is 0. The average Bonchev–Trinajstić information content (AvgIpc) is 2.93. The highest BCUT2D eigenvalue weighted by molar-refractivity contribution is 7.98. The van der Waals surface area contributed by atoms with Gasteiger partial charge in [0.2, 0.25) is 5.89 Å². The maximum absolute atomic E-state index is 5.77. The van der Waals surface area contributed by atoms with Gasteiger partial charge in [-0.3, -0.25) is 0 Å². The average molecular weight is 310 g/mol. The molecular weight excluding hydrogens is 292 g/mol. The minimum Gasteiger partial charge on any atom is -0.411 e. The molecule has 0 atom stereocenters. The van der Waals surface area contributed by atoms with Crippen molar-refractivity contribution in [1.29, 1.82) is 0 Å². The van der Waals surface area contributed by atoms with Crippen LogP contribution in [0.15, 0.2) is 52.1 Å². The van der Waals surface area contributed by atoms with E-state index in [0.717, 1.165) is 16.9 Å². The van der Waals surface area contributed by atoms with Gasteiger partial charge in [-0.05, 0) is 38.0 Å². The van der Waals surface area contributed by atoms with Crippen LogP contribution in [0.3, 0.4) is 0 Å². The molecule has 3 rings (SSSR count). The van der Waals surface area contributed by atoms with Crippen LogP contribution >= 0.6 is 11.8 Å². The summed E-state index contributed by atoms with van der Waals surface area (Å²) >= 11 is 1.57. The maximum Gasteiger partial charge on any atom is 0.277 e. The van der Waals surface area contributed by atoms with Gasteiger partial charge in [-0.1, -0.05) is 59.3 Å². The second kappa shape index (κ2) is 6.36. The Bertz CT molecular complexity index is 775. The highest BCUT2D eigenvalue weighted by Gasteiger charge is 2.11. The third-order valence-corrected chi connectivity index (χ3v) is 4.32. The van der Waals surface area contributed by atoms with E-state index in [0.29, 0.717) is 11.1 Å². The van der Waals surface area contributed by atoms with Gasteiger partial charge in [-0.15, -0.1) is 10.2 Å². The molecule has 2 aromatic carbocycles. The zero-order valence-corrected chi connectivity index (χ0v) is 13.8. The standard InChI is InChI=1S/C18H18N2OS/c1-12-8-13(2)10-15(9-12)11-22-18-20-19-17(21-18)16-7-5-4-6-14(16)3/h4-10H,11H2,1-3H3. The van der Waals surface area contributed by atoms with Crippen molar-refractivity contribution in [2.45, 2.75) is 31.7 Å². The molecule has 3 aromatic rings. The van der Waals surface area contributed by atoms with E-state index in [-0.39, 0.29) is 0 Å². The molecule has 0 aliphatic heterocycles. The lowest BCUT2D eigenvalue weighted by atomic mass is 10.1. The van der Waals surface area contributed by atoms with Gasteiger partial charge in [-0.2, -0.15) is 0 Å². The number of aryl methyl sites for hydroxylation is 3.